The summed E-state index contributed by atoms with van der Waals surface area (Å²) in [6.07, 6.45) is 0. The molecule has 4 nitrogen and oxygen atoms in total. The highest BCUT2D eigenvalue weighted by molar-refractivity contribution is 6.01. The van der Waals surface area contributed by atoms with E-state index in [2.05, 4.69) is 5.32 Å². The summed E-state index contributed by atoms with van der Waals surface area (Å²) in [6, 6.07) is 7.57. The smallest absolute Gasteiger partial charge is 0.243 e. The number of aliphatic hydroxyl groups is 1. The van der Waals surface area contributed by atoms with Crippen molar-refractivity contribution in [2.75, 3.05) is 23.4 Å². The van der Waals surface area contributed by atoms with Gasteiger partial charge in [0, 0.05) is 6.04 Å². The van der Waals surface area contributed by atoms with E-state index in [9.17, 15) is 4.79 Å². The van der Waals surface area contributed by atoms with Crippen LogP contribution in [0.5, 0.6) is 0 Å². The maximum absolute atomic E-state index is 11.4. The summed E-state index contributed by atoms with van der Waals surface area (Å²) >= 11 is 0. The first kappa shape index (κ1) is 9.98. The Balaban J connectivity index is 2.38. The molecule has 1 amide bonds. The normalized spacial score (nSPS) is 16.9. The number of aliphatic hydroxyl groups excluding tert-OH is 1. The summed E-state index contributed by atoms with van der Waals surface area (Å²) in [5.74, 6) is -0.0333. The maximum atomic E-state index is 11.4. The maximum Gasteiger partial charge on any atom is 0.243 e. The molecule has 0 radical (unpaired) electrons. The number of carbonyl (C=O) groups is 1. The summed E-state index contributed by atoms with van der Waals surface area (Å²) in [5, 5.41) is 11.9. The predicted molar refractivity (Wildman–Crippen MR) is 59.0 cm³/mol. The lowest BCUT2D eigenvalue weighted by atomic mass is 10.1. The van der Waals surface area contributed by atoms with Crippen LogP contribution >= 0.6 is 0 Å². The molecule has 1 heterocycles. The van der Waals surface area contributed by atoms with Gasteiger partial charge in [-0.15, -0.1) is 0 Å². The Morgan fingerprint density at radius 3 is 3.00 bits per heavy atom. The molecule has 0 spiro atoms. The minimum atomic E-state index is -0.0443. The molecule has 15 heavy (non-hydrogen) atoms. The van der Waals surface area contributed by atoms with E-state index < -0.39 is 0 Å². The zero-order valence-electron chi connectivity index (χ0n) is 8.60. The second kappa shape index (κ2) is 3.90. The van der Waals surface area contributed by atoms with Crippen LogP contribution in [0.15, 0.2) is 24.3 Å². The van der Waals surface area contributed by atoms with Crippen LogP contribution in [0.4, 0.5) is 11.4 Å². The van der Waals surface area contributed by atoms with Gasteiger partial charge in [0.05, 0.1) is 24.5 Å². The number of anilines is 2. The predicted octanol–water partition coefficient (Wildman–Crippen LogP) is 0.826. The number of amides is 1. The molecule has 1 aliphatic heterocycles. The van der Waals surface area contributed by atoms with Crippen LogP contribution in [0, 0.1) is 0 Å². The van der Waals surface area contributed by atoms with Gasteiger partial charge in [-0.25, -0.2) is 0 Å². The summed E-state index contributed by atoms with van der Waals surface area (Å²) in [6.45, 7) is 2.25. The van der Waals surface area contributed by atoms with Crippen molar-refractivity contribution in [2.24, 2.45) is 0 Å². The molecule has 0 aliphatic carbocycles. The van der Waals surface area contributed by atoms with Gasteiger partial charge in [-0.2, -0.15) is 0 Å². The van der Waals surface area contributed by atoms with Crippen LogP contribution in [0.1, 0.15) is 6.92 Å². The van der Waals surface area contributed by atoms with Crippen LogP contribution in [0.2, 0.25) is 0 Å². The lowest BCUT2D eigenvalue weighted by Crippen LogP contribution is -2.44. The Hall–Kier alpha value is -1.55. The van der Waals surface area contributed by atoms with Crippen molar-refractivity contribution < 1.29 is 9.90 Å². The molecule has 0 aromatic heterocycles. The van der Waals surface area contributed by atoms with E-state index in [-0.39, 0.29) is 18.6 Å². The third-order valence-corrected chi connectivity index (χ3v) is 2.60. The Bertz CT molecular complexity index is 379. The SMILES string of the molecule is CC(CO)N1CC(=O)Nc2ccccc21. The van der Waals surface area contributed by atoms with Gasteiger partial charge >= 0.3 is 0 Å². The summed E-state index contributed by atoms with van der Waals surface area (Å²) in [5.41, 5.74) is 1.78. The van der Waals surface area contributed by atoms with Gasteiger partial charge in [0.2, 0.25) is 5.91 Å². The highest BCUT2D eigenvalue weighted by Crippen LogP contribution is 2.29. The average molecular weight is 206 g/mol. The van der Waals surface area contributed by atoms with E-state index in [1.54, 1.807) is 0 Å². The van der Waals surface area contributed by atoms with Gasteiger partial charge in [0.25, 0.3) is 0 Å². The van der Waals surface area contributed by atoms with E-state index in [1.165, 1.54) is 0 Å². The van der Waals surface area contributed by atoms with Gasteiger partial charge in [-0.3, -0.25) is 4.79 Å². The first-order chi connectivity index (χ1) is 7.22. The van der Waals surface area contributed by atoms with Crippen molar-refractivity contribution in [2.45, 2.75) is 13.0 Å². The van der Waals surface area contributed by atoms with Crippen LogP contribution in [-0.4, -0.2) is 30.2 Å². The van der Waals surface area contributed by atoms with Gasteiger partial charge in [0.15, 0.2) is 0 Å². The molecule has 1 unspecified atom stereocenters. The molecule has 1 atom stereocenters. The van der Waals surface area contributed by atoms with Crippen molar-refractivity contribution in [3.8, 4) is 0 Å². The average Bonchev–Trinajstić information content (AvgIpc) is 2.26. The number of para-hydroxylation sites is 2. The quantitative estimate of drug-likeness (QED) is 0.753. The summed E-state index contributed by atoms with van der Waals surface area (Å²) in [4.78, 5) is 13.3. The van der Waals surface area contributed by atoms with Crippen LogP contribution in [0.3, 0.4) is 0 Å². The highest BCUT2D eigenvalue weighted by Gasteiger charge is 2.24. The van der Waals surface area contributed by atoms with Gasteiger partial charge < -0.3 is 15.3 Å². The molecule has 2 rings (SSSR count). The number of nitrogens with zero attached hydrogens (tertiary/aromatic N) is 1. The minimum absolute atomic E-state index is 0.0333. The van der Waals surface area contributed by atoms with E-state index in [1.807, 2.05) is 36.1 Å². The van der Waals surface area contributed by atoms with Gasteiger partial charge in [-0.05, 0) is 19.1 Å². The first-order valence-corrected chi connectivity index (χ1v) is 4.98. The van der Waals surface area contributed by atoms with Gasteiger partial charge in [-0.1, -0.05) is 12.1 Å². The van der Waals surface area contributed by atoms with Crippen molar-refractivity contribution in [1.82, 2.24) is 0 Å². The molecule has 0 bridgehead atoms. The molecule has 4 heteroatoms. The van der Waals surface area contributed by atoms with Gasteiger partial charge in [0.1, 0.15) is 0 Å². The van der Waals surface area contributed by atoms with Crippen LogP contribution in [-0.2, 0) is 4.79 Å². The van der Waals surface area contributed by atoms with E-state index in [0.717, 1.165) is 11.4 Å². The molecular weight excluding hydrogens is 192 g/mol. The monoisotopic (exact) mass is 206 g/mol. The fraction of sp³-hybridized carbons (Fsp3) is 0.364. The molecule has 0 saturated carbocycles. The Morgan fingerprint density at radius 2 is 2.27 bits per heavy atom. The van der Waals surface area contributed by atoms with E-state index in [0.29, 0.717) is 6.54 Å². The minimum Gasteiger partial charge on any atom is -0.394 e. The fourth-order valence-corrected chi connectivity index (χ4v) is 1.75. The van der Waals surface area contributed by atoms with Crippen molar-refractivity contribution in [3.63, 3.8) is 0 Å². The molecule has 80 valence electrons. The number of hydrogen-bond donors (Lipinski definition) is 2. The van der Waals surface area contributed by atoms with E-state index >= 15 is 0 Å². The molecule has 1 aromatic rings. The van der Waals surface area contributed by atoms with Crippen LogP contribution < -0.4 is 10.2 Å². The third-order valence-electron chi connectivity index (χ3n) is 2.60. The Labute approximate surface area is 88.5 Å². The number of benzene rings is 1. The molecule has 1 aromatic carbocycles. The van der Waals surface area contributed by atoms with Crippen LogP contribution in [0.25, 0.3) is 0 Å². The van der Waals surface area contributed by atoms with Crippen molar-refractivity contribution in [1.29, 1.82) is 0 Å². The second-order valence-corrected chi connectivity index (χ2v) is 3.72. The molecule has 2 N–H and O–H groups in total. The summed E-state index contributed by atoms with van der Waals surface area (Å²) < 4.78 is 0. The molecule has 0 fully saturated rings. The number of fused-ring (bicyclic) bond motifs is 1. The van der Waals surface area contributed by atoms with Crippen molar-refractivity contribution in [3.05, 3.63) is 24.3 Å². The first-order valence-electron chi connectivity index (χ1n) is 4.98. The largest absolute Gasteiger partial charge is 0.394 e. The Morgan fingerprint density at radius 1 is 1.53 bits per heavy atom. The second-order valence-electron chi connectivity index (χ2n) is 3.72. The van der Waals surface area contributed by atoms with E-state index in [4.69, 9.17) is 5.11 Å². The third kappa shape index (κ3) is 1.80. The number of carbonyl (C=O) groups excluding carboxylic acids is 1. The zero-order chi connectivity index (χ0) is 10.8. The molecule has 1 aliphatic rings. The molecule has 0 saturated heterocycles. The Kier molecular flexibility index (Phi) is 2.60. The topological polar surface area (TPSA) is 52.6 Å². The fourth-order valence-electron chi connectivity index (χ4n) is 1.75. The lowest BCUT2D eigenvalue weighted by molar-refractivity contribution is -0.115. The van der Waals surface area contributed by atoms with Crippen molar-refractivity contribution >= 4 is 17.3 Å². The summed E-state index contributed by atoms with van der Waals surface area (Å²) in [7, 11) is 0. The number of hydrogen-bond acceptors (Lipinski definition) is 3. The number of rotatable bonds is 2. The standard InChI is InChI=1S/C11H14N2O2/c1-8(7-14)13-6-11(15)12-9-4-2-3-5-10(9)13/h2-5,8,14H,6-7H2,1H3,(H,12,15). The lowest BCUT2D eigenvalue weighted by Gasteiger charge is -2.34. The number of nitrogens with one attached hydrogen (secondary N) is 1. The zero-order valence-corrected chi connectivity index (χ0v) is 8.60. The highest BCUT2D eigenvalue weighted by atomic mass is 16.3. The molecular formula is C11H14N2O2.